The molecular formula is C26H22N2O3S. The molecule has 1 aromatic heterocycles. The summed E-state index contributed by atoms with van der Waals surface area (Å²) in [6.07, 6.45) is 1.77. The first kappa shape index (κ1) is 21.5. The van der Waals surface area contributed by atoms with Crippen molar-refractivity contribution in [1.29, 1.82) is 0 Å². The number of ketones is 1. The van der Waals surface area contributed by atoms with Gasteiger partial charge in [0.15, 0.2) is 10.6 Å². The van der Waals surface area contributed by atoms with Gasteiger partial charge < -0.3 is 9.30 Å². The molecule has 5 nitrogen and oxygen atoms in total. The lowest BCUT2D eigenvalue weighted by Gasteiger charge is -2.04. The van der Waals surface area contributed by atoms with Crippen LogP contribution in [0.2, 0.25) is 0 Å². The van der Waals surface area contributed by atoms with Gasteiger partial charge in [0.25, 0.3) is 5.91 Å². The van der Waals surface area contributed by atoms with Crippen molar-refractivity contribution < 1.29 is 14.3 Å². The molecule has 0 atom stereocenters. The highest BCUT2D eigenvalue weighted by atomic mass is 32.1. The Balaban J connectivity index is 1.66. The molecule has 32 heavy (non-hydrogen) atoms. The minimum atomic E-state index is -0.363. The molecule has 0 unspecified atom stereocenters. The summed E-state index contributed by atoms with van der Waals surface area (Å²) in [6, 6.07) is 21.5. The van der Waals surface area contributed by atoms with E-state index in [9.17, 15) is 9.59 Å². The van der Waals surface area contributed by atoms with Crippen LogP contribution in [0, 0.1) is 0 Å². The maximum Gasteiger partial charge on any atom is 0.279 e. The van der Waals surface area contributed by atoms with E-state index < -0.39 is 0 Å². The molecule has 0 bridgehead atoms. The Morgan fingerprint density at radius 3 is 2.38 bits per heavy atom. The second-order valence-electron chi connectivity index (χ2n) is 7.04. The van der Waals surface area contributed by atoms with Crippen LogP contribution in [0.25, 0.3) is 10.2 Å². The molecule has 0 saturated heterocycles. The number of aromatic nitrogens is 1. The van der Waals surface area contributed by atoms with Gasteiger partial charge in [0.05, 0.1) is 16.8 Å². The van der Waals surface area contributed by atoms with Crippen LogP contribution in [0.15, 0.2) is 90.4 Å². The Morgan fingerprint density at radius 2 is 1.69 bits per heavy atom. The van der Waals surface area contributed by atoms with E-state index in [1.807, 2.05) is 47.9 Å². The average molecular weight is 443 g/mol. The first-order valence-corrected chi connectivity index (χ1v) is 11.1. The van der Waals surface area contributed by atoms with Crippen LogP contribution in [-0.2, 0) is 6.54 Å². The van der Waals surface area contributed by atoms with Crippen LogP contribution >= 0.6 is 11.3 Å². The van der Waals surface area contributed by atoms with Crippen molar-refractivity contribution in [2.75, 3.05) is 6.61 Å². The van der Waals surface area contributed by atoms with Crippen LogP contribution in [0.4, 0.5) is 0 Å². The van der Waals surface area contributed by atoms with Gasteiger partial charge in [0.2, 0.25) is 0 Å². The molecule has 0 N–H and O–H groups in total. The minimum Gasteiger partial charge on any atom is -0.494 e. The number of allylic oxidation sites excluding steroid dienone is 1. The van der Waals surface area contributed by atoms with Gasteiger partial charge in [-0.1, -0.05) is 59.9 Å². The number of thiazole rings is 1. The molecule has 0 saturated carbocycles. The molecule has 1 amide bonds. The van der Waals surface area contributed by atoms with Gasteiger partial charge in [0, 0.05) is 23.2 Å². The third-order valence-electron chi connectivity index (χ3n) is 4.90. The Kier molecular flexibility index (Phi) is 6.42. The highest BCUT2D eigenvalue weighted by Crippen LogP contribution is 2.23. The van der Waals surface area contributed by atoms with Crippen molar-refractivity contribution in [1.82, 2.24) is 4.57 Å². The maximum atomic E-state index is 12.9. The zero-order chi connectivity index (χ0) is 22.5. The summed E-state index contributed by atoms with van der Waals surface area (Å²) in [5, 5.41) is 0. The van der Waals surface area contributed by atoms with E-state index in [0.29, 0.717) is 34.6 Å². The number of nitrogens with zero attached hydrogens (tertiary/aromatic N) is 2. The molecule has 6 heteroatoms. The van der Waals surface area contributed by atoms with Crippen LogP contribution in [0.3, 0.4) is 0 Å². The Bertz CT molecular complexity index is 1350. The van der Waals surface area contributed by atoms with E-state index >= 15 is 0 Å². The molecule has 1 heterocycles. The SMILES string of the molecule is C=CCn1c(=NC(=O)c2ccc(C(=O)c3ccccc3)cc2)sc2cc(OCC)ccc21. The van der Waals surface area contributed by atoms with Crippen LogP contribution in [-0.4, -0.2) is 22.9 Å². The molecule has 3 aromatic carbocycles. The lowest BCUT2D eigenvalue weighted by atomic mass is 10.0. The molecule has 0 aliphatic heterocycles. The number of benzene rings is 3. The van der Waals surface area contributed by atoms with E-state index in [1.54, 1.807) is 42.5 Å². The number of hydrogen-bond donors (Lipinski definition) is 0. The zero-order valence-corrected chi connectivity index (χ0v) is 18.5. The highest BCUT2D eigenvalue weighted by Gasteiger charge is 2.12. The molecule has 4 rings (SSSR count). The van der Waals surface area contributed by atoms with Crippen molar-refractivity contribution in [2.24, 2.45) is 4.99 Å². The summed E-state index contributed by atoms with van der Waals surface area (Å²) < 4.78 is 8.52. The summed E-state index contributed by atoms with van der Waals surface area (Å²) in [5.41, 5.74) is 2.53. The fourth-order valence-corrected chi connectivity index (χ4v) is 4.44. The first-order valence-electron chi connectivity index (χ1n) is 10.3. The molecule has 0 radical (unpaired) electrons. The van der Waals surface area contributed by atoms with E-state index in [1.165, 1.54) is 11.3 Å². The summed E-state index contributed by atoms with van der Waals surface area (Å²) >= 11 is 1.43. The van der Waals surface area contributed by atoms with Gasteiger partial charge in [-0.3, -0.25) is 9.59 Å². The van der Waals surface area contributed by atoms with E-state index in [4.69, 9.17) is 4.74 Å². The number of fused-ring (bicyclic) bond motifs is 1. The molecule has 4 aromatic rings. The summed E-state index contributed by atoms with van der Waals surface area (Å²) in [4.78, 5) is 30.4. The van der Waals surface area contributed by atoms with Gasteiger partial charge in [-0.05, 0) is 37.3 Å². The normalized spacial score (nSPS) is 11.5. The zero-order valence-electron chi connectivity index (χ0n) is 17.7. The minimum absolute atomic E-state index is 0.0834. The number of ether oxygens (including phenoxy) is 1. The highest BCUT2D eigenvalue weighted by molar-refractivity contribution is 7.16. The summed E-state index contributed by atoms with van der Waals surface area (Å²) in [5.74, 6) is 0.335. The van der Waals surface area contributed by atoms with Crippen molar-refractivity contribution in [2.45, 2.75) is 13.5 Å². The maximum absolute atomic E-state index is 12.9. The smallest absolute Gasteiger partial charge is 0.279 e. The van der Waals surface area contributed by atoms with Gasteiger partial charge in [0.1, 0.15) is 5.75 Å². The summed E-state index contributed by atoms with van der Waals surface area (Å²) in [6.45, 7) is 6.88. The number of amides is 1. The molecule has 0 aliphatic carbocycles. The lowest BCUT2D eigenvalue weighted by molar-refractivity contribution is 0.0994. The third-order valence-corrected chi connectivity index (χ3v) is 5.95. The van der Waals surface area contributed by atoms with Crippen LogP contribution in [0.5, 0.6) is 5.75 Å². The molecule has 160 valence electrons. The number of carbonyl (C=O) groups is 2. The average Bonchev–Trinajstić information content (AvgIpc) is 3.16. The predicted molar refractivity (Wildman–Crippen MR) is 127 cm³/mol. The monoisotopic (exact) mass is 442 g/mol. The van der Waals surface area contributed by atoms with Gasteiger partial charge >= 0.3 is 0 Å². The predicted octanol–water partition coefficient (Wildman–Crippen LogP) is 5.26. The first-order chi connectivity index (χ1) is 15.6. The summed E-state index contributed by atoms with van der Waals surface area (Å²) in [7, 11) is 0. The molecular weight excluding hydrogens is 420 g/mol. The number of hydrogen-bond acceptors (Lipinski definition) is 4. The van der Waals surface area contributed by atoms with E-state index in [2.05, 4.69) is 11.6 Å². The molecule has 0 aliphatic rings. The number of rotatable bonds is 7. The second-order valence-corrected chi connectivity index (χ2v) is 8.05. The van der Waals surface area contributed by atoms with Crippen molar-refractivity contribution in [3.05, 3.63) is 107 Å². The molecule has 0 fully saturated rings. The largest absolute Gasteiger partial charge is 0.494 e. The third kappa shape index (κ3) is 4.45. The quantitative estimate of drug-likeness (QED) is 0.290. The topological polar surface area (TPSA) is 60.7 Å². The van der Waals surface area contributed by atoms with E-state index in [-0.39, 0.29) is 11.7 Å². The van der Waals surface area contributed by atoms with Crippen LogP contribution < -0.4 is 9.54 Å². The van der Waals surface area contributed by atoms with Gasteiger partial charge in [-0.2, -0.15) is 4.99 Å². The van der Waals surface area contributed by atoms with Gasteiger partial charge in [-0.25, -0.2) is 0 Å². The second kappa shape index (κ2) is 9.58. The lowest BCUT2D eigenvalue weighted by Crippen LogP contribution is -2.16. The Morgan fingerprint density at radius 1 is 1.00 bits per heavy atom. The Labute approximate surface area is 189 Å². The fourth-order valence-electron chi connectivity index (χ4n) is 3.37. The standard InChI is InChI=1S/C26H22N2O3S/c1-3-16-28-22-15-14-21(31-4-2)17-23(22)32-26(28)27-25(30)20-12-10-19(11-13-20)24(29)18-8-6-5-7-9-18/h3,5-15,17H,1,4,16H2,2H3. The number of carbonyl (C=O) groups excluding carboxylic acids is 2. The van der Waals surface area contributed by atoms with Gasteiger partial charge in [-0.15, -0.1) is 6.58 Å². The van der Waals surface area contributed by atoms with E-state index in [0.717, 1.165) is 16.0 Å². The van der Waals surface area contributed by atoms with Crippen molar-refractivity contribution in [3.8, 4) is 5.75 Å². The van der Waals surface area contributed by atoms with Crippen molar-refractivity contribution in [3.63, 3.8) is 0 Å². The molecule has 0 spiro atoms. The Hall–Kier alpha value is -3.77. The van der Waals surface area contributed by atoms with Crippen molar-refractivity contribution >= 4 is 33.2 Å². The van der Waals surface area contributed by atoms with Crippen LogP contribution in [0.1, 0.15) is 33.2 Å². The fraction of sp³-hybridized carbons (Fsp3) is 0.115.